The molecule has 2 rings (SSSR count). The topological polar surface area (TPSA) is 71.1 Å². The molecule has 1 heterocycles. The summed E-state index contributed by atoms with van der Waals surface area (Å²) >= 11 is 1.29. The summed E-state index contributed by atoms with van der Waals surface area (Å²) in [6, 6.07) is 9.77. The highest BCUT2D eigenvalue weighted by molar-refractivity contribution is 7.14. The van der Waals surface area contributed by atoms with Crippen molar-refractivity contribution in [2.75, 3.05) is 11.9 Å². The quantitative estimate of drug-likeness (QED) is 0.842. The average Bonchev–Trinajstić information content (AvgIpc) is 2.85. The predicted molar refractivity (Wildman–Crippen MR) is 78.6 cm³/mol. The summed E-state index contributed by atoms with van der Waals surface area (Å²) in [5, 5.41) is 7.30. The number of amides is 2. The summed E-state index contributed by atoms with van der Waals surface area (Å²) in [6.07, 6.45) is 0.691. The van der Waals surface area contributed by atoms with Gasteiger partial charge < -0.3 is 5.32 Å². The Morgan fingerprint density at radius 3 is 2.60 bits per heavy atom. The van der Waals surface area contributed by atoms with Crippen LogP contribution in [0.15, 0.2) is 35.7 Å². The first-order valence-corrected chi connectivity index (χ1v) is 7.08. The molecule has 0 fully saturated rings. The minimum Gasteiger partial charge on any atom is -0.347 e. The zero-order valence-electron chi connectivity index (χ0n) is 11.1. The van der Waals surface area contributed by atoms with E-state index in [1.807, 2.05) is 42.6 Å². The van der Waals surface area contributed by atoms with Crippen LogP contribution in [0.25, 0.3) is 0 Å². The zero-order chi connectivity index (χ0) is 14.4. The molecule has 1 aromatic carbocycles. The lowest BCUT2D eigenvalue weighted by atomic mass is 10.1. The third-order valence-electron chi connectivity index (χ3n) is 2.59. The number of hydrogen-bond acceptors (Lipinski definition) is 4. The Bertz CT molecular complexity index is 595. The number of anilines is 1. The fourth-order valence-corrected chi connectivity index (χ4v) is 2.29. The van der Waals surface area contributed by atoms with E-state index in [-0.39, 0.29) is 0 Å². The second kappa shape index (κ2) is 6.81. The highest BCUT2D eigenvalue weighted by atomic mass is 32.1. The molecule has 104 valence electrons. The fraction of sp³-hybridized carbons (Fsp3) is 0.214. The average molecular weight is 289 g/mol. The Hall–Kier alpha value is -2.21. The first-order chi connectivity index (χ1) is 9.65. The summed E-state index contributed by atoms with van der Waals surface area (Å²) in [5.74, 6) is -1.33. The Morgan fingerprint density at radius 1 is 1.20 bits per heavy atom. The molecule has 0 unspecified atom stereocenters. The van der Waals surface area contributed by atoms with Gasteiger partial charge in [0, 0.05) is 11.9 Å². The van der Waals surface area contributed by atoms with Gasteiger partial charge in [-0.2, -0.15) is 0 Å². The third kappa shape index (κ3) is 4.17. The smallest absolute Gasteiger partial charge is 0.315 e. The van der Waals surface area contributed by atoms with Crippen LogP contribution in [0.4, 0.5) is 5.13 Å². The SMILES string of the molecule is Cc1csc(NC(=O)C(=O)NCCc2ccccc2)n1. The van der Waals surface area contributed by atoms with E-state index in [1.54, 1.807) is 0 Å². The molecule has 0 saturated carbocycles. The number of carbonyl (C=O) groups excluding carboxylic acids is 2. The Balaban J connectivity index is 1.75. The van der Waals surface area contributed by atoms with Crippen molar-refractivity contribution in [3.05, 3.63) is 47.0 Å². The molecule has 2 amide bonds. The highest BCUT2D eigenvalue weighted by Crippen LogP contribution is 2.13. The van der Waals surface area contributed by atoms with Gasteiger partial charge in [-0.3, -0.25) is 14.9 Å². The highest BCUT2D eigenvalue weighted by Gasteiger charge is 2.14. The molecule has 0 radical (unpaired) electrons. The molecule has 0 atom stereocenters. The molecule has 0 spiro atoms. The van der Waals surface area contributed by atoms with E-state index >= 15 is 0 Å². The van der Waals surface area contributed by atoms with Gasteiger partial charge >= 0.3 is 11.8 Å². The van der Waals surface area contributed by atoms with Crippen LogP contribution < -0.4 is 10.6 Å². The van der Waals surface area contributed by atoms with Crippen molar-refractivity contribution in [3.8, 4) is 0 Å². The second-order valence-electron chi connectivity index (χ2n) is 4.24. The molecule has 0 bridgehead atoms. The number of aromatic nitrogens is 1. The monoisotopic (exact) mass is 289 g/mol. The number of rotatable bonds is 4. The van der Waals surface area contributed by atoms with Gasteiger partial charge in [0.05, 0.1) is 5.69 Å². The van der Waals surface area contributed by atoms with Gasteiger partial charge in [-0.05, 0) is 18.9 Å². The van der Waals surface area contributed by atoms with Gasteiger partial charge in [-0.15, -0.1) is 11.3 Å². The number of nitrogens with zero attached hydrogens (tertiary/aromatic N) is 1. The first-order valence-electron chi connectivity index (χ1n) is 6.20. The third-order valence-corrected chi connectivity index (χ3v) is 3.46. The van der Waals surface area contributed by atoms with Crippen LogP contribution >= 0.6 is 11.3 Å². The lowest BCUT2D eigenvalue weighted by molar-refractivity contribution is -0.136. The van der Waals surface area contributed by atoms with Crippen molar-refractivity contribution in [3.63, 3.8) is 0 Å². The molecular formula is C14H15N3O2S. The number of hydrogen-bond donors (Lipinski definition) is 2. The van der Waals surface area contributed by atoms with E-state index in [4.69, 9.17) is 0 Å². The summed E-state index contributed by atoms with van der Waals surface area (Å²) in [5.41, 5.74) is 1.93. The zero-order valence-corrected chi connectivity index (χ0v) is 11.9. The number of thiazole rings is 1. The molecule has 0 aliphatic rings. The molecule has 0 saturated heterocycles. The van der Waals surface area contributed by atoms with Crippen molar-refractivity contribution in [1.82, 2.24) is 10.3 Å². The minimum absolute atomic E-state index is 0.424. The number of benzene rings is 1. The van der Waals surface area contributed by atoms with Crippen molar-refractivity contribution in [2.24, 2.45) is 0 Å². The van der Waals surface area contributed by atoms with Crippen LogP contribution in [-0.4, -0.2) is 23.3 Å². The molecule has 5 nitrogen and oxygen atoms in total. The first kappa shape index (κ1) is 14.2. The Kier molecular flexibility index (Phi) is 4.84. The lowest BCUT2D eigenvalue weighted by Crippen LogP contribution is -2.36. The van der Waals surface area contributed by atoms with Gasteiger partial charge in [0.1, 0.15) is 0 Å². The normalized spacial score (nSPS) is 10.1. The van der Waals surface area contributed by atoms with Crippen LogP contribution in [0, 0.1) is 6.92 Å². The summed E-state index contributed by atoms with van der Waals surface area (Å²) in [4.78, 5) is 27.3. The van der Waals surface area contributed by atoms with Crippen molar-refractivity contribution in [1.29, 1.82) is 0 Å². The largest absolute Gasteiger partial charge is 0.347 e. The standard InChI is InChI=1S/C14H15N3O2S/c1-10-9-20-14(16-10)17-13(19)12(18)15-8-7-11-5-3-2-4-6-11/h2-6,9H,7-8H2,1H3,(H,15,18)(H,16,17,19). The summed E-state index contributed by atoms with van der Waals surface area (Å²) in [6.45, 7) is 2.25. The molecule has 2 N–H and O–H groups in total. The van der Waals surface area contributed by atoms with Gasteiger partial charge in [-0.1, -0.05) is 30.3 Å². The van der Waals surface area contributed by atoms with Crippen LogP contribution in [-0.2, 0) is 16.0 Å². The number of nitrogens with one attached hydrogen (secondary N) is 2. The van der Waals surface area contributed by atoms with E-state index < -0.39 is 11.8 Å². The maximum atomic E-state index is 11.6. The van der Waals surface area contributed by atoms with Crippen LogP contribution in [0.5, 0.6) is 0 Å². The molecule has 6 heteroatoms. The second-order valence-corrected chi connectivity index (χ2v) is 5.10. The molecule has 0 aliphatic heterocycles. The van der Waals surface area contributed by atoms with E-state index in [2.05, 4.69) is 15.6 Å². The molecule has 2 aromatic rings. The molecule has 20 heavy (non-hydrogen) atoms. The Morgan fingerprint density at radius 2 is 1.95 bits per heavy atom. The van der Waals surface area contributed by atoms with E-state index in [1.165, 1.54) is 11.3 Å². The van der Waals surface area contributed by atoms with E-state index in [9.17, 15) is 9.59 Å². The van der Waals surface area contributed by atoms with Gasteiger partial charge in [-0.25, -0.2) is 4.98 Å². The number of aryl methyl sites for hydroxylation is 1. The van der Waals surface area contributed by atoms with Gasteiger partial charge in [0.25, 0.3) is 0 Å². The molecule has 1 aromatic heterocycles. The summed E-state index contributed by atoms with van der Waals surface area (Å²) < 4.78 is 0. The van der Waals surface area contributed by atoms with Crippen molar-refractivity contribution >= 4 is 28.3 Å². The maximum absolute atomic E-state index is 11.6. The van der Waals surface area contributed by atoms with Crippen molar-refractivity contribution < 1.29 is 9.59 Å². The van der Waals surface area contributed by atoms with Gasteiger partial charge in [0.15, 0.2) is 5.13 Å². The van der Waals surface area contributed by atoms with Gasteiger partial charge in [0.2, 0.25) is 0 Å². The molecular weight excluding hydrogens is 274 g/mol. The predicted octanol–water partition coefficient (Wildman–Crippen LogP) is 1.75. The summed E-state index contributed by atoms with van der Waals surface area (Å²) in [7, 11) is 0. The fourth-order valence-electron chi connectivity index (χ4n) is 1.61. The van der Waals surface area contributed by atoms with E-state index in [0.717, 1.165) is 11.3 Å². The molecule has 0 aliphatic carbocycles. The van der Waals surface area contributed by atoms with Crippen molar-refractivity contribution in [2.45, 2.75) is 13.3 Å². The van der Waals surface area contributed by atoms with E-state index in [0.29, 0.717) is 18.1 Å². The van der Waals surface area contributed by atoms with Crippen LogP contribution in [0.2, 0.25) is 0 Å². The van der Waals surface area contributed by atoms with Crippen LogP contribution in [0.3, 0.4) is 0 Å². The maximum Gasteiger partial charge on any atom is 0.315 e. The van der Waals surface area contributed by atoms with Crippen LogP contribution in [0.1, 0.15) is 11.3 Å². The minimum atomic E-state index is -0.688. The Labute approximate surface area is 121 Å². The lowest BCUT2D eigenvalue weighted by Gasteiger charge is -2.04. The number of carbonyl (C=O) groups is 2.